The van der Waals surface area contributed by atoms with E-state index < -0.39 is 0 Å². The highest BCUT2D eigenvalue weighted by atomic mass is 15.2. The molecule has 1 heterocycles. The van der Waals surface area contributed by atoms with Crippen LogP contribution in [0.3, 0.4) is 0 Å². The highest BCUT2D eigenvalue weighted by Crippen LogP contribution is 2.21. The molecule has 1 aromatic heterocycles. The topological polar surface area (TPSA) is 39.9 Å². The van der Waals surface area contributed by atoms with Crippen LogP contribution >= 0.6 is 0 Å². The molecular formula is C13H19N3. The summed E-state index contributed by atoms with van der Waals surface area (Å²) in [5.41, 5.74) is 1.68. The van der Waals surface area contributed by atoms with E-state index in [1.54, 1.807) is 6.20 Å². The van der Waals surface area contributed by atoms with Crippen molar-refractivity contribution in [2.45, 2.75) is 39.7 Å². The van der Waals surface area contributed by atoms with Crippen molar-refractivity contribution >= 4 is 5.82 Å². The Morgan fingerprint density at radius 3 is 2.81 bits per heavy atom. The minimum absolute atomic E-state index is 0.409. The van der Waals surface area contributed by atoms with Crippen molar-refractivity contribution in [1.29, 1.82) is 5.26 Å². The number of hydrogen-bond acceptors (Lipinski definition) is 3. The molecule has 86 valence electrons. The van der Waals surface area contributed by atoms with Crippen molar-refractivity contribution in [2.75, 3.05) is 11.9 Å². The van der Waals surface area contributed by atoms with E-state index in [4.69, 9.17) is 5.26 Å². The maximum absolute atomic E-state index is 9.14. The molecule has 0 aromatic carbocycles. The summed E-state index contributed by atoms with van der Waals surface area (Å²) in [6.45, 7) is 6.27. The number of hydrogen-bond donors (Lipinski definition) is 0. The molecule has 0 N–H and O–H groups in total. The van der Waals surface area contributed by atoms with Gasteiger partial charge in [0.2, 0.25) is 0 Å². The van der Waals surface area contributed by atoms with E-state index in [-0.39, 0.29) is 0 Å². The second-order valence-corrected chi connectivity index (χ2v) is 4.19. The summed E-state index contributed by atoms with van der Waals surface area (Å²) in [5, 5.41) is 9.14. The highest BCUT2D eigenvalue weighted by molar-refractivity contribution is 5.57. The third-order valence-electron chi connectivity index (χ3n) is 2.95. The molecule has 3 nitrogen and oxygen atoms in total. The van der Waals surface area contributed by atoms with Gasteiger partial charge in [-0.15, -0.1) is 0 Å². The zero-order valence-electron chi connectivity index (χ0n) is 10.5. The van der Waals surface area contributed by atoms with Crippen LogP contribution in [0.25, 0.3) is 0 Å². The largest absolute Gasteiger partial charge is 0.356 e. The number of aromatic nitrogens is 1. The molecule has 0 aliphatic carbocycles. The van der Waals surface area contributed by atoms with Gasteiger partial charge < -0.3 is 4.90 Å². The third kappa shape index (κ3) is 2.52. The molecule has 0 saturated heterocycles. The highest BCUT2D eigenvalue weighted by Gasteiger charge is 2.15. The second kappa shape index (κ2) is 5.50. The molecule has 0 saturated carbocycles. The Labute approximate surface area is 97.7 Å². The summed E-state index contributed by atoms with van der Waals surface area (Å²) in [6.07, 6.45) is 4.01. The molecule has 1 unspecified atom stereocenters. The molecule has 0 bridgehead atoms. The maximum atomic E-state index is 9.14. The van der Waals surface area contributed by atoms with E-state index in [9.17, 15) is 0 Å². The molecule has 0 radical (unpaired) electrons. The van der Waals surface area contributed by atoms with E-state index in [2.05, 4.69) is 29.8 Å². The zero-order valence-corrected chi connectivity index (χ0v) is 10.5. The van der Waals surface area contributed by atoms with Crippen LogP contribution in [0.5, 0.6) is 0 Å². The van der Waals surface area contributed by atoms with E-state index in [0.29, 0.717) is 11.6 Å². The van der Waals surface area contributed by atoms with Crippen LogP contribution in [-0.4, -0.2) is 18.1 Å². The lowest BCUT2D eigenvalue weighted by molar-refractivity contribution is 0.610. The van der Waals surface area contributed by atoms with E-state index in [1.807, 2.05) is 20.0 Å². The fraction of sp³-hybridized carbons (Fsp3) is 0.538. The normalized spacial score (nSPS) is 11.9. The number of anilines is 1. The fourth-order valence-electron chi connectivity index (χ4n) is 1.77. The van der Waals surface area contributed by atoms with Crippen LogP contribution in [0, 0.1) is 18.3 Å². The first-order valence-electron chi connectivity index (χ1n) is 5.70. The molecule has 0 spiro atoms. The quantitative estimate of drug-likeness (QED) is 0.778. The van der Waals surface area contributed by atoms with Crippen molar-refractivity contribution in [3.05, 3.63) is 23.4 Å². The molecule has 0 aliphatic rings. The first kappa shape index (κ1) is 12.5. The minimum atomic E-state index is 0.409. The van der Waals surface area contributed by atoms with Gasteiger partial charge in [0.15, 0.2) is 0 Å². The Morgan fingerprint density at radius 2 is 2.25 bits per heavy atom. The first-order chi connectivity index (χ1) is 7.61. The average Bonchev–Trinajstić information content (AvgIpc) is 2.28. The van der Waals surface area contributed by atoms with Crippen LogP contribution < -0.4 is 4.90 Å². The number of pyridine rings is 1. The van der Waals surface area contributed by atoms with Crippen LogP contribution in [0.4, 0.5) is 5.82 Å². The van der Waals surface area contributed by atoms with Gasteiger partial charge >= 0.3 is 0 Å². The van der Waals surface area contributed by atoms with Crippen molar-refractivity contribution in [3.63, 3.8) is 0 Å². The van der Waals surface area contributed by atoms with Crippen molar-refractivity contribution < 1.29 is 0 Å². The summed E-state index contributed by atoms with van der Waals surface area (Å²) in [4.78, 5) is 6.41. The predicted molar refractivity (Wildman–Crippen MR) is 66.5 cm³/mol. The SMILES string of the molecule is CCCC(C)N(C)c1nccc(C)c1C#N. The maximum Gasteiger partial charge on any atom is 0.146 e. The van der Waals surface area contributed by atoms with Gasteiger partial charge in [0.1, 0.15) is 11.9 Å². The van der Waals surface area contributed by atoms with Gasteiger partial charge in [-0.1, -0.05) is 13.3 Å². The van der Waals surface area contributed by atoms with Gasteiger partial charge in [-0.2, -0.15) is 5.26 Å². The molecule has 1 aromatic rings. The summed E-state index contributed by atoms with van der Waals surface area (Å²) < 4.78 is 0. The van der Waals surface area contributed by atoms with Gasteiger partial charge in [0.05, 0.1) is 5.56 Å². The van der Waals surface area contributed by atoms with E-state index >= 15 is 0 Å². The van der Waals surface area contributed by atoms with Crippen LogP contribution in [-0.2, 0) is 0 Å². The Kier molecular flexibility index (Phi) is 4.30. The predicted octanol–water partition coefficient (Wildman–Crippen LogP) is 2.89. The number of rotatable bonds is 4. The molecular weight excluding hydrogens is 198 g/mol. The summed E-state index contributed by atoms with van der Waals surface area (Å²) in [6, 6.07) is 4.52. The van der Waals surface area contributed by atoms with Gasteiger partial charge in [-0.25, -0.2) is 4.98 Å². The van der Waals surface area contributed by atoms with E-state index in [1.165, 1.54) is 0 Å². The Morgan fingerprint density at radius 1 is 1.56 bits per heavy atom. The lowest BCUT2D eigenvalue weighted by Gasteiger charge is -2.26. The fourth-order valence-corrected chi connectivity index (χ4v) is 1.77. The Hall–Kier alpha value is -1.56. The first-order valence-corrected chi connectivity index (χ1v) is 5.70. The monoisotopic (exact) mass is 217 g/mol. The zero-order chi connectivity index (χ0) is 12.1. The summed E-state index contributed by atoms with van der Waals surface area (Å²) in [5.74, 6) is 0.795. The number of nitriles is 1. The van der Waals surface area contributed by atoms with Gasteiger partial charge in [-0.3, -0.25) is 0 Å². The van der Waals surface area contributed by atoms with Gasteiger partial charge in [0.25, 0.3) is 0 Å². The molecule has 1 rings (SSSR count). The van der Waals surface area contributed by atoms with Crippen molar-refractivity contribution in [2.24, 2.45) is 0 Å². The van der Waals surface area contributed by atoms with E-state index in [0.717, 1.165) is 24.2 Å². The summed E-state index contributed by atoms with van der Waals surface area (Å²) in [7, 11) is 2.00. The smallest absolute Gasteiger partial charge is 0.146 e. The lowest BCUT2D eigenvalue weighted by Crippen LogP contribution is -2.30. The van der Waals surface area contributed by atoms with Crippen molar-refractivity contribution in [1.82, 2.24) is 4.98 Å². The lowest BCUT2D eigenvalue weighted by atomic mass is 10.1. The minimum Gasteiger partial charge on any atom is -0.356 e. The molecule has 0 amide bonds. The summed E-state index contributed by atoms with van der Waals surface area (Å²) >= 11 is 0. The molecule has 0 fully saturated rings. The van der Waals surface area contributed by atoms with Gasteiger partial charge in [0, 0.05) is 19.3 Å². The number of nitrogens with zero attached hydrogens (tertiary/aromatic N) is 3. The molecule has 3 heteroatoms. The third-order valence-corrected chi connectivity index (χ3v) is 2.95. The van der Waals surface area contributed by atoms with Crippen LogP contribution in [0.2, 0.25) is 0 Å². The second-order valence-electron chi connectivity index (χ2n) is 4.19. The van der Waals surface area contributed by atoms with Crippen LogP contribution in [0.15, 0.2) is 12.3 Å². The molecule has 0 aliphatic heterocycles. The average molecular weight is 217 g/mol. The Balaban J connectivity index is 3.04. The molecule has 16 heavy (non-hydrogen) atoms. The Bertz CT molecular complexity index is 393. The van der Waals surface area contributed by atoms with Crippen LogP contribution in [0.1, 0.15) is 37.8 Å². The molecule has 1 atom stereocenters. The van der Waals surface area contributed by atoms with Gasteiger partial charge in [-0.05, 0) is 31.9 Å². The number of aryl methyl sites for hydroxylation is 1. The standard InChI is InChI=1S/C13H19N3/c1-5-6-11(3)16(4)13-12(9-14)10(2)7-8-15-13/h7-8,11H,5-6H2,1-4H3. The van der Waals surface area contributed by atoms with Crippen molar-refractivity contribution in [3.8, 4) is 6.07 Å².